The van der Waals surface area contributed by atoms with Crippen molar-refractivity contribution in [2.75, 3.05) is 13.2 Å². The Bertz CT molecular complexity index is 524. The van der Waals surface area contributed by atoms with Gasteiger partial charge in [-0.3, -0.25) is 10.1 Å². The summed E-state index contributed by atoms with van der Waals surface area (Å²) in [7, 11) is 0. The van der Waals surface area contributed by atoms with Gasteiger partial charge in [-0.25, -0.2) is 4.79 Å². The number of likely N-dealkylation sites (N-methyl/N-ethyl adjacent to an activating group) is 1. The number of carbonyl (C=O) groups is 1. The number of hydrogen-bond acceptors (Lipinski definition) is 5. The van der Waals surface area contributed by atoms with Gasteiger partial charge in [-0.05, 0) is 37.4 Å². The fraction of sp³-hybridized carbons (Fsp3) is 0.588. The highest BCUT2D eigenvalue weighted by molar-refractivity contribution is 5.89. The number of esters is 1. The smallest absolute Gasteiger partial charge is 0.338 e. The Balaban J connectivity index is 1.91. The first-order chi connectivity index (χ1) is 11.1. The van der Waals surface area contributed by atoms with E-state index in [0.717, 1.165) is 6.54 Å². The minimum Gasteiger partial charge on any atom is -0.460 e. The molecule has 23 heavy (non-hydrogen) atoms. The number of hydrogen-bond donors (Lipinski definition) is 1. The first-order valence-electron chi connectivity index (χ1n) is 8.26. The molecule has 0 spiro atoms. The van der Waals surface area contributed by atoms with Crippen molar-refractivity contribution >= 4 is 11.7 Å². The van der Waals surface area contributed by atoms with Gasteiger partial charge >= 0.3 is 5.97 Å². The highest BCUT2D eigenvalue weighted by atomic mass is 16.6. The van der Waals surface area contributed by atoms with E-state index < -0.39 is 10.9 Å². The van der Waals surface area contributed by atoms with E-state index in [4.69, 9.17) is 4.74 Å². The molecule has 0 amide bonds. The van der Waals surface area contributed by atoms with Crippen molar-refractivity contribution in [1.29, 1.82) is 0 Å². The lowest BCUT2D eigenvalue weighted by Crippen LogP contribution is -2.41. The number of nitrogens with zero attached hydrogens (tertiary/aromatic N) is 1. The molecular weight excluding hydrogens is 296 g/mol. The molecule has 126 valence electrons. The number of rotatable bonds is 7. The SMILES string of the molecule is CCN[C@@H](COC(=O)c1ccc([N+](=O)[O-])cc1)C1CCCCC1. The Morgan fingerprint density at radius 2 is 1.96 bits per heavy atom. The molecule has 0 bridgehead atoms. The van der Waals surface area contributed by atoms with Gasteiger partial charge in [0.15, 0.2) is 0 Å². The number of nitrogens with one attached hydrogen (secondary N) is 1. The highest BCUT2D eigenvalue weighted by Crippen LogP contribution is 2.26. The van der Waals surface area contributed by atoms with E-state index in [1.807, 2.05) is 6.92 Å². The molecule has 0 saturated heterocycles. The minimum absolute atomic E-state index is 0.0331. The third kappa shape index (κ3) is 5.03. The molecule has 1 aliphatic rings. The second kappa shape index (κ2) is 8.62. The van der Waals surface area contributed by atoms with Crippen LogP contribution in [-0.4, -0.2) is 30.1 Å². The number of carbonyl (C=O) groups excluding carboxylic acids is 1. The van der Waals surface area contributed by atoms with E-state index in [1.165, 1.54) is 56.4 Å². The van der Waals surface area contributed by atoms with Crippen molar-refractivity contribution in [3.63, 3.8) is 0 Å². The topological polar surface area (TPSA) is 81.5 Å². The van der Waals surface area contributed by atoms with Gasteiger partial charge < -0.3 is 10.1 Å². The van der Waals surface area contributed by atoms with Crippen LogP contribution in [0, 0.1) is 16.0 Å². The molecule has 1 aromatic rings. The van der Waals surface area contributed by atoms with Crippen LogP contribution in [0.3, 0.4) is 0 Å². The lowest BCUT2D eigenvalue weighted by atomic mass is 9.84. The van der Waals surface area contributed by atoms with E-state index in [9.17, 15) is 14.9 Å². The molecule has 1 N–H and O–H groups in total. The number of non-ortho nitro benzene ring substituents is 1. The summed E-state index contributed by atoms with van der Waals surface area (Å²) in [4.78, 5) is 22.2. The molecule has 6 heteroatoms. The standard InChI is InChI=1S/C17H24N2O4/c1-2-18-16(13-6-4-3-5-7-13)12-23-17(20)14-8-10-15(11-9-14)19(21)22/h8-11,13,16,18H,2-7,12H2,1H3/t16-/m0/s1. The molecule has 1 atom stereocenters. The fourth-order valence-corrected chi connectivity index (χ4v) is 3.13. The molecule has 0 radical (unpaired) electrons. The maximum absolute atomic E-state index is 12.1. The molecule has 0 unspecified atom stereocenters. The fourth-order valence-electron chi connectivity index (χ4n) is 3.13. The Morgan fingerprint density at radius 1 is 1.30 bits per heavy atom. The maximum Gasteiger partial charge on any atom is 0.338 e. The molecule has 0 aliphatic heterocycles. The van der Waals surface area contributed by atoms with E-state index in [0.29, 0.717) is 18.1 Å². The van der Waals surface area contributed by atoms with Crippen LogP contribution in [0.4, 0.5) is 5.69 Å². The second-order valence-electron chi connectivity index (χ2n) is 5.96. The number of nitro benzene ring substituents is 1. The van der Waals surface area contributed by atoms with Crippen molar-refractivity contribution < 1.29 is 14.5 Å². The zero-order valence-electron chi connectivity index (χ0n) is 13.5. The Labute approximate surface area is 136 Å². The van der Waals surface area contributed by atoms with Crippen molar-refractivity contribution in [2.24, 2.45) is 5.92 Å². The Hall–Kier alpha value is -1.95. The van der Waals surface area contributed by atoms with Crippen LogP contribution in [-0.2, 0) is 4.74 Å². The third-order valence-electron chi connectivity index (χ3n) is 4.39. The quantitative estimate of drug-likeness (QED) is 0.473. The van der Waals surface area contributed by atoms with E-state index >= 15 is 0 Å². The maximum atomic E-state index is 12.1. The summed E-state index contributed by atoms with van der Waals surface area (Å²) in [6.45, 7) is 3.23. The molecule has 0 heterocycles. The van der Waals surface area contributed by atoms with Crippen LogP contribution in [0.2, 0.25) is 0 Å². The summed E-state index contributed by atoms with van der Waals surface area (Å²) >= 11 is 0. The van der Waals surface area contributed by atoms with Gasteiger partial charge in [-0.1, -0.05) is 26.2 Å². The van der Waals surface area contributed by atoms with Gasteiger partial charge in [-0.2, -0.15) is 0 Å². The third-order valence-corrected chi connectivity index (χ3v) is 4.39. The minimum atomic E-state index is -0.487. The van der Waals surface area contributed by atoms with E-state index in [2.05, 4.69) is 5.32 Å². The number of nitro groups is 1. The van der Waals surface area contributed by atoms with Gasteiger partial charge in [0.2, 0.25) is 0 Å². The highest BCUT2D eigenvalue weighted by Gasteiger charge is 2.24. The van der Waals surface area contributed by atoms with E-state index in [1.54, 1.807) is 0 Å². The van der Waals surface area contributed by atoms with Gasteiger partial charge in [0.05, 0.1) is 10.5 Å². The van der Waals surface area contributed by atoms with E-state index in [-0.39, 0.29) is 11.7 Å². The number of benzene rings is 1. The van der Waals surface area contributed by atoms with Gasteiger partial charge in [0.25, 0.3) is 5.69 Å². The summed E-state index contributed by atoms with van der Waals surface area (Å²) in [5.41, 5.74) is 0.309. The van der Waals surface area contributed by atoms with Crippen molar-refractivity contribution in [2.45, 2.75) is 45.1 Å². The lowest BCUT2D eigenvalue weighted by molar-refractivity contribution is -0.384. The van der Waals surface area contributed by atoms with Gasteiger partial charge in [0.1, 0.15) is 6.61 Å². The number of ether oxygens (including phenoxy) is 1. The normalized spacial score (nSPS) is 16.7. The molecule has 2 rings (SSSR count). The predicted octanol–water partition coefficient (Wildman–Crippen LogP) is 3.31. The summed E-state index contributed by atoms with van der Waals surface area (Å²) < 4.78 is 5.43. The first-order valence-corrected chi connectivity index (χ1v) is 8.26. The van der Waals surface area contributed by atoms with Crippen LogP contribution in [0.25, 0.3) is 0 Å². The average Bonchev–Trinajstić information content (AvgIpc) is 2.59. The van der Waals surface area contributed by atoms with Gasteiger partial charge in [0, 0.05) is 18.2 Å². The molecular formula is C17H24N2O4. The van der Waals surface area contributed by atoms with Crippen LogP contribution in [0.1, 0.15) is 49.4 Å². The first kappa shape index (κ1) is 17.4. The molecule has 1 aromatic carbocycles. The van der Waals surface area contributed by atoms with Crippen LogP contribution in [0.5, 0.6) is 0 Å². The lowest BCUT2D eigenvalue weighted by Gasteiger charge is -2.30. The zero-order chi connectivity index (χ0) is 16.7. The molecule has 1 aliphatic carbocycles. The Morgan fingerprint density at radius 3 is 2.52 bits per heavy atom. The van der Waals surface area contributed by atoms with Crippen LogP contribution >= 0.6 is 0 Å². The van der Waals surface area contributed by atoms with Crippen molar-refractivity contribution in [3.8, 4) is 0 Å². The molecule has 1 fully saturated rings. The summed E-state index contributed by atoms with van der Waals surface area (Å²) in [5, 5.41) is 14.0. The summed E-state index contributed by atoms with van der Waals surface area (Å²) in [5.74, 6) is 0.118. The monoisotopic (exact) mass is 320 g/mol. The van der Waals surface area contributed by atoms with Gasteiger partial charge in [-0.15, -0.1) is 0 Å². The van der Waals surface area contributed by atoms with Crippen LogP contribution in [0.15, 0.2) is 24.3 Å². The largest absolute Gasteiger partial charge is 0.460 e. The van der Waals surface area contributed by atoms with Crippen LogP contribution < -0.4 is 5.32 Å². The molecule has 1 saturated carbocycles. The summed E-state index contributed by atoms with van der Waals surface area (Å²) in [6, 6.07) is 5.69. The van der Waals surface area contributed by atoms with Crippen molar-refractivity contribution in [3.05, 3.63) is 39.9 Å². The molecule has 0 aromatic heterocycles. The second-order valence-corrected chi connectivity index (χ2v) is 5.96. The molecule has 6 nitrogen and oxygen atoms in total. The average molecular weight is 320 g/mol. The predicted molar refractivity (Wildman–Crippen MR) is 87.4 cm³/mol. The Kier molecular flexibility index (Phi) is 6.52. The summed E-state index contributed by atoms with van der Waals surface area (Å²) in [6.07, 6.45) is 6.11. The zero-order valence-corrected chi connectivity index (χ0v) is 13.5. The van der Waals surface area contributed by atoms with Crippen molar-refractivity contribution in [1.82, 2.24) is 5.32 Å².